The minimum atomic E-state index is -4.21. The molecular formula is C12H16F3N3. The zero-order valence-corrected chi connectivity index (χ0v) is 9.95. The first kappa shape index (κ1) is 13.1. The summed E-state index contributed by atoms with van der Waals surface area (Å²) >= 11 is 0. The van der Waals surface area contributed by atoms with Crippen molar-refractivity contribution in [3.63, 3.8) is 0 Å². The van der Waals surface area contributed by atoms with E-state index in [1.165, 1.54) is 11.1 Å². The van der Waals surface area contributed by atoms with Crippen LogP contribution in [0.3, 0.4) is 0 Å². The zero-order valence-electron chi connectivity index (χ0n) is 9.95. The summed E-state index contributed by atoms with van der Waals surface area (Å²) in [4.78, 5) is 5.48. The molecule has 1 aliphatic rings. The van der Waals surface area contributed by atoms with Crippen molar-refractivity contribution in [3.8, 4) is 0 Å². The van der Waals surface area contributed by atoms with Gasteiger partial charge in [-0.1, -0.05) is 6.07 Å². The Labute approximate surface area is 104 Å². The highest BCUT2D eigenvalue weighted by Crippen LogP contribution is 2.34. The fraction of sp³-hybridized carbons (Fsp3) is 0.583. The van der Waals surface area contributed by atoms with E-state index in [0.29, 0.717) is 18.8 Å². The lowest BCUT2D eigenvalue weighted by molar-refractivity contribution is -0.120. The summed E-state index contributed by atoms with van der Waals surface area (Å²) in [6.07, 6.45) is -0.533. The molecular weight excluding hydrogens is 243 g/mol. The van der Waals surface area contributed by atoms with E-state index in [1.807, 2.05) is 0 Å². The van der Waals surface area contributed by atoms with E-state index in [1.54, 1.807) is 12.1 Å². The lowest BCUT2D eigenvalue weighted by atomic mass is 10.1. The standard InChI is InChI=1S/C12H16F3N3/c13-12(14,15)8-18(10-3-4-10)11-9(5-6-16)2-1-7-17-11/h1-2,7,10H,3-6,8,16H2. The summed E-state index contributed by atoms with van der Waals surface area (Å²) in [6.45, 7) is -0.532. The van der Waals surface area contributed by atoms with Crippen molar-refractivity contribution in [1.29, 1.82) is 0 Å². The third kappa shape index (κ3) is 3.35. The zero-order chi connectivity index (χ0) is 13.2. The summed E-state index contributed by atoms with van der Waals surface area (Å²) in [5.74, 6) is 0.433. The lowest BCUT2D eigenvalue weighted by Crippen LogP contribution is -2.37. The Bertz CT molecular complexity index is 402. The van der Waals surface area contributed by atoms with Gasteiger partial charge in [0.1, 0.15) is 12.4 Å². The molecule has 1 saturated carbocycles. The molecule has 3 nitrogen and oxygen atoms in total. The van der Waals surface area contributed by atoms with Crippen LogP contribution in [-0.2, 0) is 6.42 Å². The normalized spacial score (nSPS) is 15.8. The van der Waals surface area contributed by atoms with Crippen LogP contribution in [0, 0.1) is 0 Å². The Kier molecular flexibility index (Phi) is 3.75. The van der Waals surface area contributed by atoms with Crippen LogP contribution in [0.2, 0.25) is 0 Å². The molecule has 1 aliphatic carbocycles. The van der Waals surface area contributed by atoms with Gasteiger partial charge in [0.15, 0.2) is 0 Å². The second-order valence-corrected chi connectivity index (χ2v) is 4.50. The first-order chi connectivity index (χ1) is 8.51. The molecule has 0 radical (unpaired) electrons. The smallest absolute Gasteiger partial charge is 0.344 e. The molecule has 0 aromatic carbocycles. The van der Waals surface area contributed by atoms with Crippen molar-refractivity contribution < 1.29 is 13.2 Å². The van der Waals surface area contributed by atoms with Gasteiger partial charge in [-0.05, 0) is 37.4 Å². The molecule has 1 aromatic rings. The van der Waals surface area contributed by atoms with Crippen molar-refractivity contribution in [2.45, 2.75) is 31.5 Å². The highest BCUT2D eigenvalue weighted by molar-refractivity contribution is 5.49. The SMILES string of the molecule is NCCc1cccnc1N(CC(F)(F)F)C1CC1. The van der Waals surface area contributed by atoms with Gasteiger partial charge in [-0.2, -0.15) is 13.2 Å². The predicted molar refractivity (Wildman–Crippen MR) is 63.4 cm³/mol. The number of nitrogens with two attached hydrogens (primary N) is 1. The van der Waals surface area contributed by atoms with Gasteiger partial charge < -0.3 is 10.6 Å². The van der Waals surface area contributed by atoms with E-state index in [9.17, 15) is 13.2 Å². The minimum Gasteiger partial charge on any atom is -0.344 e. The van der Waals surface area contributed by atoms with Crippen molar-refractivity contribution in [3.05, 3.63) is 23.9 Å². The van der Waals surface area contributed by atoms with Gasteiger partial charge in [0.05, 0.1) is 0 Å². The molecule has 1 aromatic heterocycles. The maximum Gasteiger partial charge on any atom is 0.405 e. The second-order valence-electron chi connectivity index (χ2n) is 4.50. The Morgan fingerprint density at radius 1 is 1.39 bits per heavy atom. The van der Waals surface area contributed by atoms with Gasteiger partial charge in [0.2, 0.25) is 0 Å². The Balaban J connectivity index is 2.24. The van der Waals surface area contributed by atoms with E-state index >= 15 is 0 Å². The van der Waals surface area contributed by atoms with Gasteiger partial charge in [-0.25, -0.2) is 4.98 Å². The first-order valence-corrected chi connectivity index (χ1v) is 5.98. The van der Waals surface area contributed by atoms with Crippen LogP contribution in [0.1, 0.15) is 18.4 Å². The van der Waals surface area contributed by atoms with Crippen LogP contribution in [-0.4, -0.2) is 30.3 Å². The number of hydrogen-bond donors (Lipinski definition) is 1. The van der Waals surface area contributed by atoms with Crippen molar-refractivity contribution in [2.24, 2.45) is 5.73 Å². The number of pyridine rings is 1. The monoisotopic (exact) mass is 259 g/mol. The van der Waals surface area contributed by atoms with Crippen LogP contribution in [0.15, 0.2) is 18.3 Å². The number of alkyl halides is 3. The third-order valence-corrected chi connectivity index (χ3v) is 2.89. The molecule has 0 aliphatic heterocycles. The van der Waals surface area contributed by atoms with E-state index in [0.717, 1.165) is 18.4 Å². The molecule has 100 valence electrons. The fourth-order valence-electron chi connectivity index (χ4n) is 2.00. The van der Waals surface area contributed by atoms with E-state index in [-0.39, 0.29) is 6.04 Å². The molecule has 0 spiro atoms. The molecule has 2 N–H and O–H groups in total. The van der Waals surface area contributed by atoms with Crippen LogP contribution < -0.4 is 10.6 Å². The first-order valence-electron chi connectivity index (χ1n) is 5.98. The van der Waals surface area contributed by atoms with Crippen molar-refractivity contribution in [1.82, 2.24) is 4.98 Å². The summed E-state index contributed by atoms with van der Waals surface area (Å²) < 4.78 is 37.8. The van der Waals surface area contributed by atoms with Gasteiger partial charge in [-0.15, -0.1) is 0 Å². The number of hydrogen-bond acceptors (Lipinski definition) is 3. The third-order valence-electron chi connectivity index (χ3n) is 2.89. The van der Waals surface area contributed by atoms with Crippen LogP contribution in [0.4, 0.5) is 19.0 Å². The molecule has 0 unspecified atom stereocenters. The van der Waals surface area contributed by atoms with Crippen LogP contribution in [0.5, 0.6) is 0 Å². The fourth-order valence-corrected chi connectivity index (χ4v) is 2.00. The summed E-state index contributed by atoms with van der Waals surface area (Å²) in [5.41, 5.74) is 6.27. The summed E-state index contributed by atoms with van der Waals surface area (Å²) in [5, 5.41) is 0. The maximum absolute atomic E-state index is 12.6. The van der Waals surface area contributed by atoms with Gasteiger partial charge in [0.25, 0.3) is 0 Å². The van der Waals surface area contributed by atoms with Crippen LogP contribution >= 0.6 is 0 Å². The highest BCUT2D eigenvalue weighted by atomic mass is 19.4. The largest absolute Gasteiger partial charge is 0.405 e. The average molecular weight is 259 g/mol. The summed E-state index contributed by atoms with van der Waals surface area (Å²) in [6, 6.07) is 3.49. The molecule has 0 saturated heterocycles. The van der Waals surface area contributed by atoms with Gasteiger partial charge in [0, 0.05) is 12.2 Å². The highest BCUT2D eigenvalue weighted by Gasteiger charge is 2.39. The average Bonchev–Trinajstić information content (AvgIpc) is 3.10. The number of halogens is 3. The predicted octanol–water partition coefficient (Wildman–Crippen LogP) is 2.11. The van der Waals surface area contributed by atoms with Gasteiger partial charge in [-0.3, -0.25) is 0 Å². The number of nitrogens with zero attached hydrogens (tertiary/aromatic N) is 2. The Hall–Kier alpha value is -1.30. The van der Waals surface area contributed by atoms with Gasteiger partial charge >= 0.3 is 6.18 Å². The summed E-state index contributed by atoms with van der Waals surface area (Å²) in [7, 11) is 0. The Morgan fingerprint density at radius 2 is 2.11 bits per heavy atom. The lowest BCUT2D eigenvalue weighted by Gasteiger charge is -2.26. The van der Waals surface area contributed by atoms with Crippen molar-refractivity contribution >= 4 is 5.82 Å². The molecule has 1 fully saturated rings. The number of rotatable bonds is 5. The minimum absolute atomic E-state index is 0.0296. The number of aromatic nitrogens is 1. The van der Waals surface area contributed by atoms with E-state index in [4.69, 9.17) is 5.73 Å². The molecule has 18 heavy (non-hydrogen) atoms. The molecule has 0 bridgehead atoms. The second kappa shape index (κ2) is 5.14. The Morgan fingerprint density at radius 3 is 2.67 bits per heavy atom. The molecule has 2 rings (SSSR count). The molecule has 6 heteroatoms. The molecule has 1 heterocycles. The quantitative estimate of drug-likeness (QED) is 0.880. The van der Waals surface area contributed by atoms with E-state index < -0.39 is 12.7 Å². The maximum atomic E-state index is 12.6. The molecule has 0 amide bonds. The topological polar surface area (TPSA) is 42.1 Å². The van der Waals surface area contributed by atoms with Crippen molar-refractivity contribution in [2.75, 3.05) is 18.0 Å². The van der Waals surface area contributed by atoms with Crippen LogP contribution in [0.25, 0.3) is 0 Å². The number of anilines is 1. The van der Waals surface area contributed by atoms with E-state index in [2.05, 4.69) is 4.98 Å². The molecule has 0 atom stereocenters.